The smallest absolute Gasteiger partial charge is 0.302 e. The summed E-state index contributed by atoms with van der Waals surface area (Å²) in [5, 5.41) is 0. The third kappa shape index (κ3) is 2.58. The number of carbonyl (C=O) groups is 1. The predicted octanol–water partition coefficient (Wildman–Crippen LogP) is 2.10. The van der Waals surface area contributed by atoms with Gasteiger partial charge in [-0.15, -0.1) is 0 Å². The van der Waals surface area contributed by atoms with Gasteiger partial charge in [0, 0.05) is 19.8 Å². The van der Waals surface area contributed by atoms with Crippen molar-refractivity contribution in [2.45, 2.75) is 63.1 Å². The van der Waals surface area contributed by atoms with Crippen LogP contribution in [0.2, 0.25) is 0 Å². The molecule has 1 aliphatic carbocycles. The maximum absolute atomic E-state index is 10.9. The van der Waals surface area contributed by atoms with Crippen molar-refractivity contribution in [1.29, 1.82) is 0 Å². The Bertz CT molecular complexity index is 421. The number of hydrogen-bond donors (Lipinski definition) is 0. The summed E-state index contributed by atoms with van der Waals surface area (Å²) in [4.78, 5) is 10.9. The maximum atomic E-state index is 10.9. The molecule has 3 atom stereocenters. The molecular formula is C13H18BrNO5. The highest BCUT2D eigenvalue weighted by atomic mass is 79.9. The van der Waals surface area contributed by atoms with Crippen LogP contribution >= 0.6 is 16.1 Å². The van der Waals surface area contributed by atoms with E-state index < -0.39 is 5.79 Å². The van der Waals surface area contributed by atoms with Crippen molar-refractivity contribution in [3.63, 3.8) is 0 Å². The highest BCUT2D eigenvalue weighted by molar-refractivity contribution is 9.08. The highest BCUT2D eigenvalue weighted by Gasteiger charge is 2.58. The van der Waals surface area contributed by atoms with Crippen molar-refractivity contribution in [1.82, 2.24) is 0 Å². The molecule has 3 fully saturated rings. The van der Waals surface area contributed by atoms with E-state index in [4.69, 9.17) is 18.9 Å². The topological polar surface area (TPSA) is 66.4 Å². The fourth-order valence-electron chi connectivity index (χ4n) is 3.11. The van der Waals surface area contributed by atoms with Crippen molar-refractivity contribution in [3.05, 3.63) is 0 Å². The Morgan fingerprint density at radius 1 is 1.40 bits per heavy atom. The van der Waals surface area contributed by atoms with Gasteiger partial charge in [-0.25, -0.2) is 0 Å². The Morgan fingerprint density at radius 2 is 2.15 bits per heavy atom. The second-order valence-electron chi connectivity index (χ2n) is 5.47. The summed E-state index contributed by atoms with van der Waals surface area (Å²) in [6, 6.07) is 0. The summed E-state index contributed by atoms with van der Waals surface area (Å²) in [6.07, 6.45) is 4.30. The van der Waals surface area contributed by atoms with Gasteiger partial charge in [-0.3, -0.25) is 4.79 Å². The third-order valence-corrected chi connectivity index (χ3v) is 4.37. The van der Waals surface area contributed by atoms with E-state index in [1.807, 2.05) is 0 Å². The van der Waals surface area contributed by atoms with Crippen LogP contribution in [0, 0.1) is 0 Å². The summed E-state index contributed by atoms with van der Waals surface area (Å²) in [5.41, 5.74) is 0. The number of carbonyl (C=O) groups excluding carboxylic acids is 1. The largest absolute Gasteiger partial charge is 0.469 e. The minimum Gasteiger partial charge on any atom is -0.469 e. The first-order chi connectivity index (χ1) is 9.63. The van der Waals surface area contributed by atoms with Crippen LogP contribution in [0.3, 0.4) is 0 Å². The molecule has 0 unspecified atom stereocenters. The number of hydrogen-bond acceptors (Lipinski definition) is 6. The number of esters is 1. The lowest BCUT2D eigenvalue weighted by atomic mass is 9.94. The Hall–Kier alpha value is -0.660. The normalized spacial score (nSPS) is 36.9. The molecule has 6 nitrogen and oxygen atoms in total. The van der Waals surface area contributed by atoms with Crippen molar-refractivity contribution in [3.8, 4) is 0 Å². The fourth-order valence-corrected chi connectivity index (χ4v) is 3.39. The van der Waals surface area contributed by atoms with Crippen molar-refractivity contribution in [2.75, 3.05) is 6.61 Å². The van der Waals surface area contributed by atoms with Crippen molar-refractivity contribution < 1.29 is 23.7 Å². The Morgan fingerprint density at radius 3 is 2.80 bits per heavy atom. The monoisotopic (exact) mass is 347 g/mol. The molecule has 3 rings (SSSR count). The Balaban J connectivity index is 1.72. The van der Waals surface area contributed by atoms with Crippen LogP contribution < -0.4 is 0 Å². The van der Waals surface area contributed by atoms with E-state index in [2.05, 4.69) is 20.2 Å². The van der Waals surface area contributed by atoms with Gasteiger partial charge >= 0.3 is 5.97 Å². The number of nitrogens with zero attached hydrogens (tertiary/aromatic N) is 1. The van der Waals surface area contributed by atoms with E-state index in [9.17, 15) is 4.79 Å². The third-order valence-electron chi connectivity index (χ3n) is 4.02. The lowest BCUT2D eigenvalue weighted by Gasteiger charge is -2.33. The number of halogens is 1. The molecule has 0 N–H and O–H groups in total. The summed E-state index contributed by atoms with van der Waals surface area (Å²) >= 11 is 3.05. The fraction of sp³-hybridized carbons (Fsp3) is 0.846. The molecule has 1 saturated carbocycles. The first-order valence-electron chi connectivity index (χ1n) is 6.98. The summed E-state index contributed by atoms with van der Waals surface area (Å²) in [5.74, 6) is -0.371. The van der Waals surface area contributed by atoms with Gasteiger partial charge in [0.25, 0.3) is 0 Å². The van der Waals surface area contributed by atoms with Gasteiger partial charge < -0.3 is 18.9 Å². The minimum atomic E-state index is -0.505. The lowest BCUT2D eigenvalue weighted by molar-refractivity contribution is -0.204. The minimum absolute atomic E-state index is 0.155. The van der Waals surface area contributed by atoms with Gasteiger partial charge in [0.2, 0.25) is 5.90 Å². The predicted molar refractivity (Wildman–Crippen MR) is 73.4 cm³/mol. The van der Waals surface area contributed by atoms with Gasteiger partial charge in [0.05, 0.1) is 16.1 Å². The average Bonchev–Trinajstić information content (AvgIpc) is 2.93. The SMILES string of the molecule is CC(=O)OC[C@H]1O/C(=N\Br)[C@@H]2OC3(CCCCC3)O[C@H]12. The summed E-state index contributed by atoms with van der Waals surface area (Å²) in [7, 11) is 0. The van der Waals surface area contributed by atoms with E-state index in [0.29, 0.717) is 5.90 Å². The second kappa shape index (κ2) is 5.61. The van der Waals surface area contributed by atoms with E-state index in [1.165, 1.54) is 13.3 Å². The molecule has 2 saturated heterocycles. The molecule has 0 aromatic heterocycles. The van der Waals surface area contributed by atoms with Crippen molar-refractivity contribution >= 4 is 28.0 Å². The van der Waals surface area contributed by atoms with E-state index >= 15 is 0 Å². The first-order valence-corrected chi connectivity index (χ1v) is 7.69. The van der Waals surface area contributed by atoms with Gasteiger partial charge in [-0.1, -0.05) is 6.42 Å². The molecule has 0 radical (unpaired) electrons. The Kier molecular flexibility index (Phi) is 4.01. The van der Waals surface area contributed by atoms with Crippen LogP contribution in [-0.4, -0.2) is 42.6 Å². The highest BCUT2D eigenvalue weighted by Crippen LogP contribution is 2.44. The van der Waals surface area contributed by atoms with Gasteiger partial charge in [0.1, 0.15) is 12.7 Å². The number of fused-ring (bicyclic) bond motifs is 1. The van der Waals surface area contributed by atoms with E-state index in [-0.39, 0.29) is 30.9 Å². The quantitative estimate of drug-likeness (QED) is 0.715. The summed E-state index contributed by atoms with van der Waals surface area (Å²) < 4.78 is 26.9. The van der Waals surface area contributed by atoms with Crippen LogP contribution in [0.4, 0.5) is 0 Å². The van der Waals surface area contributed by atoms with Gasteiger partial charge in [-0.2, -0.15) is 4.02 Å². The summed E-state index contributed by atoms with van der Waals surface area (Å²) in [6.45, 7) is 1.53. The van der Waals surface area contributed by atoms with E-state index in [0.717, 1.165) is 25.7 Å². The standard InChI is InChI=1S/C13H18BrNO5/c1-8(16)17-7-9-10-11(12(15-14)18-9)20-13(19-10)5-3-2-4-6-13/h9-11H,2-7H2,1H3/b15-12-/t9-,10-,11-/m1/s1. The molecular weight excluding hydrogens is 330 g/mol. The molecule has 7 heteroatoms. The average molecular weight is 348 g/mol. The van der Waals surface area contributed by atoms with Crippen LogP contribution in [0.5, 0.6) is 0 Å². The zero-order valence-corrected chi connectivity index (χ0v) is 12.9. The molecule has 0 aromatic rings. The Labute approximate surface area is 126 Å². The molecule has 0 bridgehead atoms. The lowest BCUT2D eigenvalue weighted by Crippen LogP contribution is -2.37. The first kappa shape index (κ1) is 14.3. The second-order valence-corrected chi connectivity index (χ2v) is 5.83. The van der Waals surface area contributed by atoms with Gasteiger partial charge in [0.15, 0.2) is 18.0 Å². The van der Waals surface area contributed by atoms with Crippen LogP contribution in [0.15, 0.2) is 4.02 Å². The molecule has 0 aromatic carbocycles. The molecule has 1 spiro atoms. The molecule has 112 valence electrons. The van der Waals surface area contributed by atoms with Crippen LogP contribution in [0.25, 0.3) is 0 Å². The van der Waals surface area contributed by atoms with Gasteiger partial charge in [-0.05, 0) is 12.8 Å². The van der Waals surface area contributed by atoms with E-state index in [1.54, 1.807) is 0 Å². The maximum Gasteiger partial charge on any atom is 0.302 e. The number of rotatable bonds is 2. The molecule has 20 heavy (non-hydrogen) atoms. The van der Waals surface area contributed by atoms with Crippen LogP contribution in [-0.2, 0) is 23.7 Å². The number of ether oxygens (including phenoxy) is 4. The molecule has 3 aliphatic rings. The molecule has 2 heterocycles. The zero-order valence-electron chi connectivity index (χ0n) is 11.3. The van der Waals surface area contributed by atoms with Crippen molar-refractivity contribution in [2.24, 2.45) is 4.02 Å². The molecule has 0 amide bonds. The zero-order chi connectivity index (χ0) is 14.2. The van der Waals surface area contributed by atoms with Crippen LogP contribution in [0.1, 0.15) is 39.0 Å². The molecule has 2 aliphatic heterocycles.